The standard InChI is InChI=1S/C15H19N3O2/c1-10(2)18-9-11(16)8-14(18)15(19)17-12-4-6-13(20-3)7-5-12/h4-10H,16H2,1-3H3,(H,17,19). The van der Waals surface area contributed by atoms with Crippen LogP contribution in [-0.4, -0.2) is 17.6 Å². The number of anilines is 2. The minimum absolute atomic E-state index is 0.170. The molecule has 0 fully saturated rings. The van der Waals surface area contributed by atoms with Crippen molar-refractivity contribution in [2.24, 2.45) is 0 Å². The molecule has 0 radical (unpaired) electrons. The number of nitrogens with zero attached hydrogens (tertiary/aromatic N) is 1. The Hall–Kier alpha value is -2.43. The molecule has 0 unspecified atom stereocenters. The third-order valence-corrected chi connectivity index (χ3v) is 3.01. The van der Waals surface area contributed by atoms with Crippen molar-refractivity contribution in [2.75, 3.05) is 18.2 Å². The predicted octanol–water partition coefficient (Wildman–Crippen LogP) is 2.91. The monoisotopic (exact) mass is 273 g/mol. The van der Waals surface area contributed by atoms with E-state index in [4.69, 9.17) is 10.5 Å². The number of methoxy groups -OCH3 is 1. The van der Waals surface area contributed by atoms with Gasteiger partial charge in [0.1, 0.15) is 11.4 Å². The van der Waals surface area contributed by atoms with Crippen LogP contribution in [0.4, 0.5) is 11.4 Å². The van der Waals surface area contributed by atoms with E-state index in [1.807, 2.05) is 18.4 Å². The van der Waals surface area contributed by atoms with Gasteiger partial charge >= 0.3 is 0 Å². The Balaban J connectivity index is 2.19. The van der Waals surface area contributed by atoms with Crippen molar-refractivity contribution in [1.82, 2.24) is 4.57 Å². The van der Waals surface area contributed by atoms with Crippen molar-refractivity contribution >= 4 is 17.3 Å². The molecule has 1 heterocycles. The summed E-state index contributed by atoms with van der Waals surface area (Å²) in [6.07, 6.45) is 1.77. The van der Waals surface area contributed by atoms with Gasteiger partial charge in [-0.2, -0.15) is 0 Å². The zero-order valence-corrected chi connectivity index (χ0v) is 11.9. The fraction of sp³-hybridized carbons (Fsp3) is 0.267. The summed E-state index contributed by atoms with van der Waals surface area (Å²) in [4.78, 5) is 12.3. The summed E-state index contributed by atoms with van der Waals surface area (Å²) in [6, 6.07) is 9.03. The summed E-state index contributed by atoms with van der Waals surface area (Å²) in [7, 11) is 1.60. The fourth-order valence-electron chi connectivity index (χ4n) is 1.98. The summed E-state index contributed by atoms with van der Waals surface area (Å²) in [6.45, 7) is 4.01. The zero-order valence-electron chi connectivity index (χ0n) is 11.9. The Morgan fingerprint density at radius 3 is 2.50 bits per heavy atom. The molecule has 3 N–H and O–H groups in total. The SMILES string of the molecule is COc1ccc(NC(=O)c2cc(N)cn2C(C)C)cc1. The summed E-state index contributed by atoms with van der Waals surface area (Å²) in [5.41, 5.74) is 7.61. The van der Waals surface area contributed by atoms with Gasteiger partial charge in [-0.15, -0.1) is 0 Å². The van der Waals surface area contributed by atoms with E-state index in [9.17, 15) is 4.79 Å². The third-order valence-electron chi connectivity index (χ3n) is 3.01. The molecule has 2 aromatic rings. The number of carbonyl (C=O) groups is 1. The van der Waals surface area contributed by atoms with Gasteiger partial charge in [-0.05, 0) is 44.2 Å². The highest BCUT2D eigenvalue weighted by molar-refractivity contribution is 6.03. The van der Waals surface area contributed by atoms with Crippen LogP contribution in [0.2, 0.25) is 0 Å². The average Bonchev–Trinajstić information content (AvgIpc) is 2.82. The maximum Gasteiger partial charge on any atom is 0.272 e. The maximum absolute atomic E-state index is 12.3. The Bertz CT molecular complexity index is 600. The molecule has 5 heteroatoms. The van der Waals surface area contributed by atoms with Gasteiger partial charge in [-0.3, -0.25) is 4.79 Å². The van der Waals surface area contributed by atoms with Crippen molar-refractivity contribution in [2.45, 2.75) is 19.9 Å². The molecular formula is C15H19N3O2. The largest absolute Gasteiger partial charge is 0.497 e. The number of hydrogen-bond donors (Lipinski definition) is 2. The fourth-order valence-corrected chi connectivity index (χ4v) is 1.98. The van der Waals surface area contributed by atoms with E-state index in [1.54, 1.807) is 43.6 Å². The lowest BCUT2D eigenvalue weighted by Crippen LogP contribution is -2.17. The first kappa shape index (κ1) is 14.0. The molecular weight excluding hydrogens is 254 g/mol. The molecule has 0 aliphatic heterocycles. The highest BCUT2D eigenvalue weighted by atomic mass is 16.5. The molecule has 2 rings (SSSR count). The van der Waals surface area contributed by atoms with Gasteiger partial charge in [-0.1, -0.05) is 0 Å². The van der Waals surface area contributed by atoms with Gasteiger partial charge in [0.05, 0.1) is 12.8 Å². The number of hydrogen-bond acceptors (Lipinski definition) is 3. The summed E-state index contributed by atoms with van der Waals surface area (Å²) >= 11 is 0. The predicted molar refractivity (Wildman–Crippen MR) is 80.2 cm³/mol. The van der Waals surface area contributed by atoms with Crippen LogP contribution in [-0.2, 0) is 0 Å². The van der Waals surface area contributed by atoms with Gasteiger partial charge in [0.15, 0.2) is 0 Å². The molecule has 0 saturated carbocycles. The Morgan fingerprint density at radius 2 is 1.95 bits per heavy atom. The minimum atomic E-state index is -0.180. The van der Waals surface area contributed by atoms with Crippen LogP contribution in [0.15, 0.2) is 36.5 Å². The number of ether oxygens (including phenoxy) is 1. The van der Waals surface area contributed by atoms with Crippen LogP contribution in [0.5, 0.6) is 5.75 Å². The van der Waals surface area contributed by atoms with Gasteiger partial charge in [0.2, 0.25) is 0 Å². The normalized spacial score (nSPS) is 10.6. The van der Waals surface area contributed by atoms with Crippen LogP contribution in [0.25, 0.3) is 0 Å². The number of nitrogen functional groups attached to an aromatic ring is 1. The zero-order chi connectivity index (χ0) is 14.7. The number of nitrogens with two attached hydrogens (primary N) is 1. The molecule has 0 bridgehead atoms. The third kappa shape index (κ3) is 2.93. The quantitative estimate of drug-likeness (QED) is 0.900. The van der Waals surface area contributed by atoms with Gasteiger partial charge in [-0.25, -0.2) is 0 Å². The number of aromatic nitrogens is 1. The highest BCUT2D eigenvalue weighted by Crippen LogP contribution is 2.19. The number of nitrogens with one attached hydrogen (secondary N) is 1. The molecule has 1 aromatic heterocycles. The lowest BCUT2D eigenvalue weighted by Gasteiger charge is -2.12. The molecule has 0 saturated heterocycles. The molecule has 1 amide bonds. The number of rotatable bonds is 4. The molecule has 5 nitrogen and oxygen atoms in total. The van der Waals surface area contributed by atoms with E-state index in [2.05, 4.69) is 5.32 Å². The highest BCUT2D eigenvalue weighted by Gasteiger charge is 2.14. The van der Waals surface area contributed by atoms with Crippen molar-refractivity contribution in [3.8, 4) is 5.75 Å². The molecule has 106 valence electrons. The molecule has 20 heavy (non-hydrogen) atoms. The second-order valence-corrected chi connectivity index (χ2v) is 4.84. The van der Waals surface area contributed by atoms with E-state index in [1.165, 1.54) is 0 Å². The van der Waals surface area contributed by atoms with E-state index >= 15 is 0 Å². The van der Waals surface area contributed by atoms with Crippen LogP contribution in [0.3, 0.4) is 0 Å². The second kappa shape index (κ2) is 5.69. The van der Waals surface area contributed by atoms with E-state index in [0.717, 1.165) is 5.75 Å². The maximum atomic E-state index is 12.3. The molecule has 0 spiro atoms. The van der Waals surface area contributed by atoms with Crippen LogP contribution in [0.1, 0.15) is 30.4 Å². The molecule has 0 atom stereocenters. The van der Waals surface area contributed by atoms with Gasteiger partial charge < -0.3 is 20.4 Å². The summed E-state index contributed by atoms with van der Waals surface area (Å²) in [5, 5.41) is 2.85. The van der Waals surface area contributed by atoms with Crippen molar-refractivity contribution < 1.29 is 9.53 Å². The van der Waals surface area contributed by atoms with Gasteiger partial charge in [0.25, 0.3) is 5.91 Å². The molecule has 1 aromatic carbocycles. The summed E-state index contributed by atoms with van der Waals surface area (Å²) in [5.74, 6) is 0.568. The van der Waals surface area contributed by atoms with Crippen LogP contribution >= 0.6 is 0 Å². The first-order valence-corrected chi connectivity index (χ1v) is 6.44. The van der Waals surface area contributed by atoms with Crippen molar-refractivity contribution in [3.05, 3.63) is 42.2 Å². The molecule has 0 aliphatic rings. The topological polar surface area (TPSA) is 69.3 Å². The van der Waals surface area contributed by atoms with Crippen molar-refractivity contribution in [3.63, 3.8) is 0 Å². The summed E-state index contributed by atoms with van der Waals surface area (Å²) < 4.78 is 6.93. The Kier molecular flexibility index (Phi) is 3.98. The van der Waals surface area contributed by atoms with E-state index < -0.39 is 0 Å². The van der Waals surface area contributed by atoms with Crippen LogP contribution in [0, 0.1) is 0 Å². The van der Waals surface area contributed by atoms with E-state index in [0.29, 0.717) is 17.1 Å². The Morgan fingerprint density at radius 1 is 1.30 bits per heavy atom. The number of carbonyl (C=O) groups excluding carboxylic acids is 1. The van der Waals surface area contributed by atoms with E-state index in [-0.39, 0.29) is 11.9 Å². The van der Waals surface area contributed by atoms with Gasteiger partial charge in [0, 0.05) is 17.9 Å². The second-order valence-electron chi connectivity index (χ2n) is 4.84. The van der Waals surface area contributed by atoms with Crippen molar-refractivity contribution in [1.29, 1.82) is 0 Å². The number of benzene rings is 1. The lowest BCUT2D eigenvalue weighted by molar-refractivity contribution is 0.101. The Labute approximate surface area is 118 Å². The first-order chi connectivity index (χ1) is 9.51. The minimum Gasteiger partial charge on any atom is -0.497 e. The number of amides is 1. The van der Waals surface area contributed by atoms with Crippen LogP contribution < -0.4 is 15.8 Å². The first-order valence-electron chi connectivity index (χ1n) is 6.44. The smallest absolute Gasteiger partial charge is 0.272 e. The molecule has 0 aliphatic carbocycles. The average molecular weight is 273 g/mol. The lowest BCUT2D eigenvalue weighted by atomic mass is 10.3.